The molecule has 0 aliphatic rings. The van der Waals surface area contributed by atoms with Gasteiger partial charge in [-0.15, -0.1) is 0 Å². The molecule has 0 aliphatic carbocycles. The van der Waals surface area contributed by atoms with Crippen LogP contribution in [0.25, 0.3) is 0 Å². The molecular weight excluding hydrogens is 442 g/mol. The number of aromatic nitrogens is 4. The summed E-state index contributed by atoms with van der Waals surface area (Å²) in [4.78, 5) is 53.1. The minimum atomic E-state index is -0.512. The number of carbonyl (C=O) groups excluding carboxylic acids is 4. The van der Waals surface area contributed by atoms with Crippen molar-refractivity contribution in [2.24, 2.45) is 21.1 Å². The van der Waals surface area contributed by atoms with Gasteiger partial charge in [-0.2, -0.15) is 0 Å². The zero-order valence-corrected chi connectivity index (χ0v) is 19.4. The van der Waals surface area contributed by atoms with Crippen molar-refractivity contribution in [3.05, 3.63) is 54.0 Å². The Kier molecular flexibility index (Phi) is 7.51. The van der Waals surface area contributed by atoms with Crippen LogP contribution in [0.4, 0.5) is 11.5 Å². The predicted molar refractivity (Wildman–Crippen MR) is 124 cm³/mol. The van der Waals surface area contributed by atoms with Crippen LogP contribution >= 0.6 is 0 Å². The summed E-state index contributed by atoms with van der Waals surface area (Å²) in [5.41, 5.74) is 1.14. The van der Waals surface area contributed by atoms with E-state index in [1.807, 2.05) is 0 Å². The lowest BCUT2D eigenvalue weighted by Crippen LogP contribution is -2.28. The van der Waals surface area contributed by atoms with Crippen LogP contribution in [0.3, 0.4) is 0 Å². The van der Waals surface area contributed by atoms with Crippen LogP contribution in [0.1, 0.15) is 44.9 Å². The number of nitrogens with zero attached hydrogens (tertiary/aromatic N) is 4. The van der Waals surface area contributed by atoms with Gasteiger partial charge in [0.15, 0.2) is 5.82 Å². The lowest BCUT2D eigenvalue weighted by Gasteiger charge is -2.05. The average Bonchev–Trinajstić information content (AvgIpc) is 3.46. The molecule has 0 saturated carbocycles. The normalized spacial score (nSPS) is 10.6. The molecule has 3 amide bonds. The van der Waals surface area contributed by atoms with Gasteiger partial charge in [0.25, 0.3) is 17.7 Å². The van der Waals surface area contributed by atoms with Gasteiger partial charge in [-0.1, -0.05) is 0 Å². The van der Waals surface area contributed by atoms with Crippen molar-refractivity contribution in [1.29, 1.82) is 0 Å². The summed E-state index contributed by atoms with van der Waals surface area (Å²) in [5.74, 6) is -1.34. The topological polar surface area (TPSA) is 141 Å². The van der Waals surface area contributed by atoms with Gasteiger partial charge >= 0.3 is 5.97 Å². The molecule has 0 atom stereocenters. The maximum Gasteiger partial charge on any atom is 0.307 e. The fourth-order valence-electron chi connectivity index (χ4n) is 3.26. The van der Waals surface area contributed by atoms with Crippen molar-refractivity contribution in [3.8, 4) is 0 Å². The number of anilines is 2. The number of carbonyl (C=O) groups is 4. The van der Waals surface area contributed by atoms with E-state index in [-0.39, 0.29) is 37.1 Å². The Morgan fingerprint density at radius 3 is 2.38 bits per heavy atom. The highest BCUT2D eigenvalue weighted by Gasteiger charge is 2.19. The van der Waals surface area contributed by atoms with E-state index >= 15 is 0 Å². The van der Waals surface area contributed by atoms with Gasteiger partial charge in [0.2, 0.25) is 5.82 Å². The molecule has 0 unspecified atom stereocenters. The first-order valence-electron chi connectivity index (χ1n) is 10.6. The molecule has 12 heteroatoms. The molecule has 0 spiro atoms. The molecule has 3 aromatic heterocycles. The molecule has 12 nitrogen and oxygen atoms in total. The van der Waals surface area contributed by atoms with Gasteiger partial charge in [0.1, 0.15) is 11.4 Å². The Morgan fingerprint density at radius 2 is 1.71 bits per heavy atom. The quantitative estimate of drug-likeness (QED) is 0.403. The molecule has 0 aliphatic heterocycles. The summed E-state index contributed by atoms with van der Waals surface area (Å²) < 4.78 is 9.54. The number of ether oxygens (including phenoxy) is 1. The van der Waals surface area contributed by atoms with E-state index in [1.54, 1.807) is 61.7 Å². The van der Waals surface area contributed by atoms with Gasteiger partial charge < -0.3 is 34.4 Å². The standard InChI is InChI=1S/C22H27N7O5/c1-5-34-18(30)8-9-23-20(31)16-11-14(12-28(16)3)24-22(33)19-25-17(13-29(19)4)26-21(32)15-7-6-10-27(15)2/h6-7,10-13H,5,8-9H2,1-4H3,(H,23,31)(H,24,33)(H,26,32). The van der Waals surface area contributed by atoms with Gasteiger partial charge in [0.05, 0.1) is 18.7 Å². The van der Waals surface area contributed by atoms with Crippen molar-refractivity contribution >= 4 is 35.2 Å². The number of amides is 3. The average molecular weight is 470 g/mol. The smallest absolute Gasteiger partial charge is 0.307 e. The molecule has 180 valence electrons. The van der Waals surface area contributed by atoms with E-state index < -0.39 is 17.8 Å². The summed E-state index contributed by atoms with van der Waals surface area (Å²) in [6.07, 6.45) is 4.93. The Balaban J connectivity index is 1.61. The van der Waals surface area contributed by atoms with E-state index in [9.17, 15) is 19.2 Å². The fraction of sp³-hybridized carbons (Fsp3) is 0.318. The molecule has 0 bridgehead atoms. The molecule has 3 aromatic rings. The lowest BCUT2D eigenvalue weighted by molar-refractivity contribution is -0.142. The molecule has 0 radical (unpaired) electrons. The molecule has 3 rings (SSSR count). The third-order valence-electron chi connectivity index (χ3n) is 4.91. The maximum absolute atomic E-state index is 12.7. The number of aryl methyl sites for hydroxylation is 3. The molecule has 0 fully saturated rings. The zero-order valence-electron chi connectivity index (χ0n) is 19.4. The zero-order chi connectivity index (χ0) is 24.8. The van der Waals surface area contributed by atoms with Crippen molar-refractivity contribution in [2.75, 3.05) is 23.8 Å². The molecule has 0 aromatic carbocycles. The molecule has 3 heterocycles. The van der Waals surface area contributed by atoms with E-state index in [0.29, 0.717) is 17.1 Å². The van der Waals surface area contributed by atoms with Gasteiger partial charge in [0, 0.05) is 46.3 Å². The largest absolute Gasteiger partial charge is 0.466 e. The Hall–Kier alpha value is -4.35. The minimum Gasteiger partial charge on any atom is -0.466 e. The van der Waals surface area contributed by atoms with Gasteiger partial charge in [-0.05, 0) is 25.1 Å². The Labute approximate surface area is 195 Å². The maximum atomic E-state index is 12.7. The van der Waals surface area contributed by atoms with E-state index in [1.165, 1.54) is 16.8 Å². The molecule has 34 heavy (non-hydrogen) atoms. The number of rotatable bonds is 9. The number of hydrogen-bond acceptors (Lipinski definition) is 6. The van der Waals surface area contributed by atoms with Crippen molar-refractivity contribution in [1.82, 2.24) is 24.0 Å². The second kappa shape index (κ2) is 10.5. The highest BCUT2D eigenvalue weighted by molar-refractivity contribution is 6.05. The first-order valence-corrected chi connectivity index (χ1v) is 10.6. The SMILES string of the molecule is CCOC(=O)CCNC(=O)c1cc(NC(=O)c2nc(NC(=O)c3cccn3C)cn2C)cn1C. The Bertz CT molecular complexity index is 1220. The minimum absolute atomic E-state index is 0.0652. The van der Waals surface area contributed by atoms with E-state index in [2.05, 4.69) is 20.9 Å². The van der Waals surface area contributed by atoms with Gasteiger partial charge in [-0.3, -0.25) is 19.2 Å². The summed E-state index contributed by atoms with van der Waals surface area (Å²) >= 11 is 0. The predicted octanol–water partition coefficient (Wildman–Crippen LogP) is 1.28. The highest BCUT2D eigenvalue weighted by Crippen LogP contribution is 2.16. The van der Waals surface area contributed by atoms with Crippen molar-refractivity contribution < 1.29 is 23.9 Å². The van der Waals surface area contributed by atoms with E-state index in [4.69, 9.17) is 4.74 Å². The van der Waals surface area contributed by atoms with Crippen LogP contribution in [-0.4, -0.2) is 55.5 Å². The second-order valence-corrected chi connectivity index (χ2v) is 7.51. The van der Waals surface area contributed by atoms with Crippen LogP contribution in [-0.2, 0) is 30.7 Å². The second-order valence-electron chi connectivity index (χ2n) is 7.51. The van der Waals surface area contributed by atoms with E-state index in [0.717, 1.165) is 0 Å². The monoisotopic (exact) mass is 469 g/mol. The lowest BCUT2D eigenvalue weighted by atomic mass is 10.3. The first-order chi connectivity index (χ1) is 16.2. The molecular formula is C22H27N7O5. The van der Waals surface area contributed by atoms with Crippen LogP contribution in [0, 0.1) is 0 Å². The third-order valence-corrected chi connectivity index (χ3v) is 4.91. The number of hydrogen-bond donors (Lipinski definition) is 3. The van der Waals surface area contributed by atoms with Crippen LogP contribution in [0.2, 0.25) is 0 Å². The van der Waals surface area contributed by atoms with Crippen LogP contribution < -0.4 is 16.0 Å². The van der Waals surface area contributed by atoms with Crippen molar-refractivity contribution in [3.63, 3.8) is 0 Å². The summed E-state index contributed by atoms with van der Waals surface area (Å²) in [6, 6.07) is 4.94. The molecule has 3 N–H and O–H groups in total. The summed E-state index contributed by atoms with van der Waals surface area (Å²) in [7, 11) is 5.04. The molecule has 0 saturated heterocycles. The highest BCUT2D eigenvalue weighted by atomic mass is 16.5. The van der Waals surface area contributed by atoms with Crippen LogP contribution in [0.5, 0.6) is 0 Å². The summed E-state index contributed by atoms with van der Waals surface area (Å²) in [6.45, 7) is 2.13. The first kappa shape index (κ1) is 24.3. The number of imidazole rings is 1. The fourth-order valence-corrected chi connectivity index (χ4v) is 3.26. The Morgan fingerprint density at radius 1 is 0.941 bits per heavy atom. The van der Waals surface area contributed by atoms with Crippen LogP contribution in [0.15, 0.2) is 36.8 Å². The number of esters is 1. The third kappa shape index (κ3) is 5.71. The number of nitrogens with one attached hydrogen (secondary N) is 3. The van der Waals surface area contributed by atoms with Gasteiger partial charge in [-0.25, -0.2) is 4.98 Å². The van der Waals surface area contributed by atoms with Crippen molar-refractivity contribution in [2.45, 2.75) is 13.3 Å². The summed E-state index contributed by atoms with van der Waals surface area (Å²) in [5, 5.41) is 8.00.